The molecule has 2 fully saturated rings. The first-order chi connectivity index (χ1) is 9.74. The number of hydrogen-bond acceptors (Lipinski definition) is 4. The van der Waals surface area contributed by atoms with Gasteiger partial charge in [0.15, 0.2) is 5.65 Å². The predicted molar refractivity (Wildman–Crippen MR) is 78.9 cm³/mol. The maximum absolute atomic E-state index is 4.62. The lowest BCUT2D eigenvalue weighted by molar-refractivity contribution is 0.0716. The summed E-state index contributed by atoms with van der Waals surface area (Å²) >= 11 is 0. The van der Waals surface area contributed by atoms with Gasteiger partial charge in [0.25, 0.3) is 0 Å². The number of rotatable bonds is 2. The summed E-state index contributed by atoms with van der Waals surface area (Å²) in [5.41, 5.74) is 2.60. The normalized spacial score (nSPS) is 22.1. The lowest BCUT2D eigenvalue weighted by Gasteiger charge is -2.50. The highest BCUT2D eigenvalue weighted by Gasteiger charge is 2.44. The summed E-state index contributed by atoms with van der Waals surface area (Å²) in [6.45, 7) is 4.40. The fourth-order valence-electron chi connectivity index (χ4n) is 3.73. The van der Waals surface area contributed by atoms with Gasteiger partial charge in [0.05, 0.1) is 11.9 Å². The van der Waals surface area contributed by atoms with E-state index in [9.17, 15) is 0 Å². The Kier molecular flexibility index (Phi) is 2.70. The molecule has 5 nitrogen and oxygen atoms in total. The van der Waals surface area contributed by atoms with E-state index >= 15 is 0 Å². The van der Waals surface area contributed by atoms with E-state index in [1.807, 2.05) is 29.8 Å². The molecular formula is C15H21N5. The number of hydrogen-bond donors (Lipinski definition) is 2. The highest BCUT2D eigenvalue weighted by molar-refractivity contribution is 5.46. The molecule has 2 aromatic rings. The molecule has 1 aliphatic heterocycles. The van der Waals surface area contributed by atoms with Crippen molar-refractivity contribution in [2.45, 2.75) is 38.6 Å². The zero-order valence-electron chi connectivity index (χ0n) is 11.9. The van der Waals surface area contributed by atoms with Crippen LogP contribution in [0.2, 0.25) is 0 Å². The molecule has 0 atom stereocenters. The minimum atomic E-state index is 0.585. The number of nitrogens with one attached hydrogen (secondary N) is 2. The average molecular weight is 271 g/mol. The second kappa shape index (κ2) is 4.45. The van der Waals surface area contributed by atoms with Crippen molar-refractivity contribution in [1.82, 2.24) is 19.9 Å². The smallest absolute Gasteiger partial charge is 0.153 e. The summed E-state index contributed by atoms with van der Waals surface area (Å²) in [6, 6.07) is 4.65. The van der Waals surface area contributed by atoms with Crippen molar-refractivity contribution in [1.29, 1.82) is 0 Å². The molecular weight excluding hydrogens is 250 g/mol. The molecule has 0 radical (unpaired) electrons. The molecule has 0 amide bonds. The third-order valence-corrected chi connectivity index (χ3v) is 4.91. The first-order valence-corrected chi connectivity index (χ1v) is 7.53. The van der Waals surface area contributed by atoms with Gasteiger partial charge in [-0.2, -0.15) is 0 Å². The highest BCUT2D eigenvalue weighted by atomic mass is 15.3. The SMILES string of the molecule is Cc1cnc2ccc(NC3CC4(CCNCC4)C3)nn12. The molecule has 1 saturated heterocycles. The first kappa shape index (κ1) is 12.1. The fourth-order valence-corrected chi connectivity index (χ4v) is 3.73. The largest absolute Gasteiger partial charge is 0.366 e. The van der Waals surface area contributed by atoms with Crippen molar-refractivity contribution >= 4 is 11.5 Å². The van der Waals surface area contributed by atoms with Crippen LogP contribution in [0.15, 0.2) is 18.3 Å². The molecule has 106 valence electrons. The number of fused-ring (bicyclic) bond motifs is 1. The van der Waals surface area contributed by atoms with Gasteiger partial charge in [-0.05, 0) is 63.2 Å². The van der Waals surface area contributed by atoms with Crippen molar-refractivity contribution in [2.24, 2.45) is 5.41 Å². The molecule has 3 heterocycles. The van der Waals surface area contributed by atoms with E-state index in [1.165, 1.54) is 38.8 Å². The van der Waals surface area contributed by atoms with E-state index in [0.717, 1.165) is 17.2 Å². The van der Waals surface area contributed by atoms with Crippen LogP contribution in [0.25, 0.3) is 5.65 Å². The van der Waals surface area contributed by atoms with Crippen LogP contribution in [0, 0.1) is 12.3 Å². The molecule has 0 aromatic carbocycles. The van der Waals surface area contributed by atoms with Gasteiger partial charge >= 0.3 is 0 Å². The van der Waals surface area contributed by atoms with Crippen molar-refractivity contribution in [3.63, 3.8) is 0 Å². The van der Waals surface area contributed by atoms with Gasteiger partial charge in [0.1, 0.15) is 5.82 Å². The van der Waals surface area contributed by atoms with Gasteiger partial charge in [0.2, 0.25) is 0 Å². The van der Waals surface area contributed by atoms with Crippen LogP contribution in [-0.4, -0.2) is 33.7 Å². The molecule has 20 heavy (non-hydrogen) atoms. The van der Waals surface area contributed by atoms with Crippen LogP contribution >= 0.6 is 0 Å². The average Bonchev–Trinajstić information content (AvgIpc) is 2.80. The summed E-state index contributed by atoms with van der Waals surface area (Å²) in [5.74, 6) is 0.965. The van der Waals surface area contributed by atoms with Crippen LogP contribution in [-0.2, 0) is 0 Å². The number of imidazole rings is 1. The maximum atomic E-state index is 4.62. The van der Waals surface area contributed by atoms with E-state index in [4.69, 9.17) is 0 Å². The fraction of sp³-hybridized carbons (Fsp3) is 0.600. The van der Waals surface area contributed by atoms with Gasteiger partial charge in [-0.3, -0.25) is 0 Å². The monoisotopic (exact) mass is 271 g/mol. The van der Waals surface area contributed by atoms with Gasteiger partial charge in [-0.15, -0.1) is 5.10 Å². The molecule has 2 N–H and O–H groups in total. The number of aromatic nitrogens is 3. The van der Waals surface area contributed by atoms with Crippen molar-refractivity contribution < 1.29 is 0 Å². The quantitative estimate of drug-likeness (QED) is 0.877. The second-order valence-electron chi connectivity index (χ2n) is 6.39. The van der Waals surface area contributed by atoms with Gasteiger partial charge in [-0.25, -0.2) is 9.50 Å². The van der Waals surface area contributed by atoms with Gasteiger partial charge in [-0.1, -0.05) is 0 Å². The summed E-state index contributed by atoms with van der Waals surface area (Å²) < 4.78 is 1.90. The van der Waals surface area contributed by atoms with Gasteiger partial charge in [0, 0.05) is 6.04 Å². The van der Waals surface area contributed by atoms with E-state index < -0.39 is 0 Å². The number of anilines is 1. The third kappa shape index (κ3) is 1.97. The van der Waals surface area contributed by atoms with Crippen LogP contribution in [0.1, 0.15) is 31.4 Å². The zero-order chi connectivity index (χ0) is 13.6. The van der Waals surface area contributed by atoms with E-state index in [-0.39, 0.29) is 0 Å². The summed E-state index contributed by atoms with van der Waals surface area (Å²) in [7, 11) is 0. The molecule has 2 aliphatic rings. The van der Waals surface area contributed by atoms with E-state index in [2.05, 4.69) is 20.7 Å². The summed E-state index contributed by atoms with van der Waals surface area (Å²) in [5, 5.41) is 11.7. The first-order valence-electron chi connectivity index (χ1n) is 7.53. The molecule has 0 bridgehead atoms. The summed E-state index contributed by atoms with van der Waals surface area (Å²) in [4.78, 5) is 4.31. The summed E-state index contributed by atoms with van der Waals surface area (Å²) in [6.07, 6.45) is 7.10. The standard InChI is InChI=1S/C15H21N5/c1-11-10-17-14-3-2-13(19-20(11)14)18-12-8-15(9-12)4-6-16-7-5-15/h2-3,10,12,16H,4-9H2,1H3,(H,18,19). The van der Waals surface area contributed by atoms with Crippen LogP contribution in [0.4, 0.5) is 5.82 Å². The Morgan fingerprint density at radius 2 is 2.10 bits per heavy atom. The lowest BCUT2D eigenvalue weighted by Crippen LogP contribution is -2.50. The number of piperidine rings is 1. The Hall–Kier alpha value is -1.62. The van der Waals surface area contributed by atoms with Crippen LogP contribution < -0.4 is 10.6 Å². The molecule has 1 spiro atoms. The molecule has 5 heteroatoms. The second-order valence-corrected chi connectivity index (χ2v) is 6.39. The molecule has 1 saturated carbocycles. The predicted octanol–water partition coefficient (Wildman–Crippen LogP) is 1.98. The molecule has 1 aliphatic carbocycles. The van der Waals surface area contributed by atoms with Crippen molar-refractivity contribution in [3.8, 4) is 0 Å². The van der Waals surface area contributed by atoms with E-state index in [0.29, 0.717) is 11.5 Å². The Morgan fingerprint density at radius 1 is 1.30 bits per heavy atom. The Labute approximate surface area is 118 Å². The zero-order valence-corrected chi connectivity index (χ0v) is 11.9. The van der Waals surface area contributed by atoms with Crippen LogP contribution in [0.3, 0.4) is 0 Å². The molecule has 2 aromatic heterocycles. The Bertz CT molecular complexity index is 618. The van der Waals surface area contributed by atoms with Crippen molar-refractivity contribution in [2.75, 3.05) is 18.4 Å². The Balaban J connectivity index is 1.45. The topological polar surface area (TPSA) is 54.2 Å². The van der Waals surface area contributed by atoms with E-state index in [1.54, 1.807) is 0 Å². The van der Waals surface area contributed by atoms with Gasteiger partial charge < -0.3 is 10.6 Å². The minimum absolute atomic E-state index is 0.585. The Morgan fingerprint density at radius 3 is 2.90 bits per heavy atom. The molecule has 0 unspecified atom stereocenters. The molecule has 4 rings (SSSR count). The minimum Gasteiger partial charge on any atom is -0.366 e. The van der Waals surface area contributed by atoms with Crippen LogP contribution in [0.5, 0.6) is 0 Å². The highest BCUT2D eigenvalue weighted by Crippen LogP contribution is 2.48. The lowest BCUT2D eigenvalue weighted by atomic mass is 9.60. The third-order valence-electron chi connectivity index (χ3n) is 4.91. The maximum Gasteiger partial charge on any atom is 0.153 e. The number of nitrogens with zero attached hydrogens (tertiary/aromatic N) is 3. The van der Waals surface area contributed by atoms with Crippen molar-refractivity contribution in [3.05, 3.63) is 24.0 Å². The number of aryl methyl sites for hydroxylation is 1.